The van der Waals surface area contributed by atoms with Crippen LogP contribution < -0.4 is 0 Å². The highest BCUT2D eigenvalue weighted by molar-refractivity contribution is 6.32. The molecule has 0 saturated carbocycles. The van der Waals surface area contributed by atoms with Gasteiger partial charge in [-0.25, -0.2) is 4.39 Å². The van der Waals surface area contributed by atoms with Gasteiger partial charge in [-0.3, -0.25) is 4.79 Å². The fraction of sp³-hybridized carbons (Fsp3) is 0.286. The summed E-state index contributed by atoms with van der Waals surface area (Å²) in [6.45, 7) is 0.182. The first-order chi connectivity index (χ1) is 10.1. The lowest BCUT2D eigenvalue weighted by Crippen LogP contribution is -2.37. The predicted molar refractivity (Wildman–Crippen MR) is 74.2 cm³/mol. The van der Waals surface area contributed by atoms with Gasteiger partial charge in [0.05, 0.1) is 16.1 Å². The summed E-state index contributed by atoms with van der Waals surface area (Å²) in [5.74, 6) is -1.02. The molecule has 0 saturated heterocycles. The summed E-state index contributed by atoms with van der Waals surface area (Å²) in [6.07, 6.45) is 0.536. The van der Waals surface area contributed by atoms with Crippen LogP contribution in [0.4, 0.5) is 4.39 Å². The first-order valence-electron chi connectivity index (χ1n) is 6.37. The minimum Gasteiger partial charge on any atom is -0.387 e. The molecule has 108 valence electrons. The lowest BCUT2D eigenvalue weighted by atomic mass is 10.0. The fourth-order valence-corrected chi connectivity index (χ4v) is 2.87. The fourth-order valence-electron chi connectivity index (χ4n) is 2.68. The van der Waals surface area contributed by atoms with E-state index in [1.807, 2.05) is 6.07 Å². The third-order valence-corrected chi connectivity index (χ3v) is 4.13. The summed E-state index contributed by atoms with van der Waals surface area (Å²) < 4.78 is 14.2. The van der Waals surface area contributed by atoms with E-state index in [-0.39, 0.29) is 28.6 Å². The molecule has 0 unspecified atom stereocenters. The number of aliphatic hydroxyl groups excluding tert-OH is 1. The van der Waals surface area contributed by atoms with Gasteiger partial charge in [-0.1, -0.05) is 11.6 Å². The number of benzene rings is 1. The molecular formula is C14H11ClFN3O2. The summed E-state index contributed by atoms with van der Waals surface area (Å²) in [5, 5.41) is 18.3. The Kier molecular flexibility index (Phi) is 3.32. The van der Waals surface area contributed by atoms with Gasteiger partial charge < -0.3 is 15.0 Å². The van der Waals surface area contributed by atoms with Crippen molar-refractivity contribution in [2.24, 2.45) is 0 Å². The topological polar surface area (TPSA) is 80.1 Å². The van der Waals surface area contributed by atoms with Crippen LogP contribution in [0.3, 0.4) is 0 Å². The van der Waals surface area contributed by atoms with Crippen LogP contribution in [0.2, 0.25) is 5.02 Å². The molecule has 5 nitrogen and oxygen atoms in total. The van der Waals surface area contributed by atoms with Crippen LogP contribution in [0.25, 0.3) is 10.9 Å². The van der Waals surface area contributed by atoms with Crippen LogP contribution >= 0.6 is 11.6 Å². The zero-order chi connectivity index (χ0) is 15.1. The van der Waals surface area contributed by atoms with E-state index in [1.54, 1.807) is 0 Å². The zero-order valence-corrected chi connectivity index (χ0v) is 11.7. The van der Waals surface area contributed by atoms with Crippen molar-refractivity contribution in [3.05, 3.63) is 33.7 Å². The molecule has 2 heterocycles. The van der Waals surface area contributed by atoms with Crippen molar-refractivity contribution in [1.82, 2.24) is 9.88 Å². The maximum absolute atomic E-state index is 14.2. The highest BCUT2D eigenvalue weighted by Crippen LogP contribution is 2.34. The smallest absolute Gasteiger partial charge is 0.248 e. The van der Waals surface area contributed by atoms with E-state index in [2.05, 4.69) is 4.98 Å². The molecule has 1 amide bonds. The predicted octanol–water partition coefficient (Wildman–Crippen LogP) is 1.71. The number of aromatic amines is 1. The Morgan fingerprint density at radius 3 is 3.05 bits per heavy atom. The van der Waals surface area contributed by atoms with Gasteiger partial charge in [0, 0.05) is 36.2 Å². The van der Waals surface area contributed by atoms with Gasteiger partial charge in [-0.15, -0.1) is 0 Å². The van der Waals surface area contributed by atoms with Gasteiger partial charge in [0.1, 0.15) is 12.7 Å². The summed E-state index contributed by atoms with van der Waals surface area (Å²) >= 11 is 5.82. The van der Waals surface area contributed by atoms with E-state index >= 15 is 0 Å². The van der Waals surface area contributed by atoms with Crippen molar-refractivity contribution in [1.29, 1.82) is 5.26 Å². The molecule has 1 aromatic heterocycles. The molecule has 1 aliphatic rings. The number of nitrogens with one attached hydrogen (secondary N) is 1. The number of nitriles is 1. The summed E-state index contributed by atoms with van der Waals surface area (Å²) in [6, 6.07) is 3.39. The van der Waals surface area contributed by atoms with E-state index in [4.69, 9.17) is 22.0 Å². The number of nitrogens with zero attached hydrogens (tertiary/aromatic N) is 2. The van der Waals surface area contributed by atoms with Gasteiger partial charge in [0.25, 0.3) is 0 Å². The average Bonchev–Trinajstić information content (AvgIpc) is 2.87. The number of hydrogen-bond acceptors (Lipinski definition) is 3. The molecule has 0 aliphatic carbocycles. The van der Waals surface area contributed by atoms with E-state index in [9.17, 15) is 9.18 Å². The number of aliphatic hydroxyl groups is 1. The molecule has 7 heteroatoms. The summed E-state index contributed by atoms with van der Waals surface area (Å²) in [7, 11) is 0. The quantitative estimate of drug-likeness (QED) is 0.841. The third-order valence-electron chi connectivity index (χ3n) is 3.76. The standard InChI is InChI=1S/C14H11ClFN3O2/c15-12-7(4-17)3-8-9-5-19(11(21)6-20)2-1-10(9)18-14(8)13(12)16/h3,18,20H,1-2,5-6H2. The molecule has 21 heavy (non-hydrogen) atoms. The van der Waals surface area contributed by atoms with Crippen molar-refractivity contribution in [2.45, 2.75) is 13.0 Å². The second-order valence-electron chi connectivity index (χ2n) is 4.89. The number of halogens is 2. The number of hydrogen-bond donors (Lipinski definition) is 2. The maximum Gasteiger partial charge on any atom is 0.248 e. The lowest BCUT2D eigenvalue weighted by molar-refractivity contribution is -0.135. The van der Waals surface area contributed by atoms with E-state index in [1.165, 1.54) is 11.0 Å². The van der Waals surface area contributed by atoms with Crippen LogP contribution in [0.1, 0.15) is 16.8 Å². The molecule has 0 bridgehead atoms. The second kappa shape index (κ2) is 5.02. The Labute approximate surface area is 124 Å². The normalized spacial score (nSPS) is 14.1. The van der Waals surface area contributed by atoms with Crippen molar-refractivity contribution in [2.75, 3.05) is 13.2 Å². The summed E-state index contributed by atoms with van der Waals surface area (Å²) in [5.41, 5.74) is 1.92. The van der Waals surface area contributed by atoms with Crippen LogP contribution in [-0.2, 0) is 17.8 Å². The SMILES string of the molecule is N#Cc1cc2c3c([nH]c2c(F)c1Cl)CCN(C(=O)CO)C3. The Morgan fingerprint density at radius 1 is 1.62 bits per heavy atom. The van der Waals surface area contributed by atoms with Gasteiger partial charge in [0.2, 0.25) is 5.91 Å². The minimum atomic E-state index is -0.653. The number of aromatic nitrogens is 1. The van der Waals surface area contributed by atoms with Crippen molar-refractivity contribution < 1.29 is 14.3 Å². The molecule has 1 aromatic carbocycles. The van der Waals surface area contributed by atoms with Crippen LogP contribution in [0, 0.1) is 17.1 Å². The van der Waals surface area contributed by atoms with Gasteiger partial charge in [-0.2, -0.15) is 5.26 Å². The molecular weight excluding hydrogens is 297 g/mol. The van der Waals surface area contributed by atoms with Crippen LogP contribution in [0.15, 0.2) is 6.07 Å². The number of H-pyrrole nitrogens is 1. The number of carbonyl (C=O) groups is 1. The average molecular weight is 308 g/mol. The van der Waals surface area contributed by atoms with Crippen LogP contribution in [0.5, 0.6) is 0 Å². The Bertz CT molecular complexity index is 794. The lowest BCUT2D eigenvalue weighted by Gasteiger charge is -2.26. The molecule has 2 N–H and O–H groups in total. The van der Waals surface area contributed by atoms with Gasteiger partial charge in [-0.05, 0) is 6.07 Å². The molecule has 0 radical (unpaired) electrons. The summed E-state index contributed by atoms with van der Waals surface area (Å²) in [4.78, 5) is 16.1. The highest BCUT2D eigenvalue weighted by Gasteiger charge is 2.26. The Hall–Kier alpha value is -2.10. The Balaban J connectivity index is 2.17. The Morgan fingerprint density at radius 2 is 2.38 bits per heavy atom. The van der Waals surface area contributed by atoms with Crippen molar-refractivity contribution in [3.63, 3.8) is 0 Å². The minimum absolute atomic E-state index is 0.0640. The largest absolute Gasteiger partial charge is 0.387 e. The van der Waals surface area contributed by atoms with E-state index < -0.39 is 12.4 Å². The maximum atomic E-state index is 14.2. The molecule has 3 rings (SSSR count). The van der Waals surface area contributed by atoms with Gasteiger partial charge >= 0.3 is 0 Å². The van der Waals surface area contributed by atoms with Crippen LogP contribution in [-0.4, -0.2) is 34.0 Å². The molecule has 1 aliphatic heterocycles. The second-order valence-corrected chi connectivity index (χ2v) is 5.27. The van der Waals surface area contributed by atoms with E-state index in [0.717, 1.165) is 11.3 Å². The number of rotatable bonds is 1. The van der Waals surface area contributed by atoms with E-state index in [0.29, 0.717) is 18.4 Å². The number of fused-ring (bicyclic) bond motifs is 3. The monoisotopic (exact) mass is 307 g/mol. The molecule has 2 aromatic rings. The first-order valence-corrected chi connectivity index (χ1v) is 6.74. The molecule has 0 atom stereocenters. The van der Waals surface area contributed by atoms with Gasteiger partial charge in [0.15, 0.2) is 5.82 Å². The highest BCUT2D eigenvalue weighted by atomic mass is 35.5. The number of carbonyl (C=O) groups excluding carboxylic acids is 1. The molecule has 0 spiro atoms. The van der Waals surface area contributed by atoms with Crippen molar-refractivity contribution in [3.8, 4) is 6.07 Å². The number of amides is 1. The third kappa shape index (κ3) is 2.06. The zero-order valence-electron chi connectivity index (χ0n) is 10.9. The van der Waals surface area contributed by atoms with Crippen molar-refractivity contribution >= 4 is 28.4 Å². The molecule has 0 fully saturated rings. The first kappa shape index (κ1) is 13.9.